The number of benzene rings is 3. The summed E-state index contributed by atoms with van der Waals surface area (Å²) in [5, 5.41) is 24.2. The number of carbonyl (C=O) groups is 2. The van der Waals surface area contributed by atoms with Crippen LogP contribution in [0.3, 0.4) is 0 Å². The number of H-pyrrole nitrogens is 1. The second-order valence-electron chi connectivity index (χ2n) is 14.7. The lowest BCUT2D eigenvalue weighted by atomic mass is 9.79. The fourth-order valence-corrected chi connectivity index (χ4v) is 8.21. The first-order chi connectivity index (χ1) is 28.1. The Bertz CT molecular complexity index is 2750. The van der Waals surface area contributed by atoms with Crippen molar-refractivity contribution in [1.29, 1.82) is 0 Å². The van der Waals surface area contributed by atoms with Crippen molar-refractivity contribution in [2.45, 2.75) is 37.8 Å². The third-order valence-corrected chi connectivity index (χ3v) is 11.2. The van der Waals surface area contributed by atoms with Gasteiger partial charge in [0.15, 0.2) is 5.65 Å². The van der Waals surface area contributed by atoms with E-state index in [1.165, 1.54) is 5.56 Å². The molecule has 3 aromatic carbocycles. The van der Waals surface area contributed by atoms with Crippen molar-refractivity contribution >= 4 is 45.3 Å². The second kappa shape index (κ2) is 14.5. The minimum absolute atomic E-state index is 0.0222. The quantitative estimate of drug-likeness (QED) is 0.145. The van der Waals surface area contributed by atoms with Crippen LogP contribution < -0.4 is 15.5 Å². The summed E-state index contributed by atoms with van der Waals surface area (Å²) in [6.07, 6.45) is 10.4. The highest BCUT2D eigenvalue weighted by atomic mass is 16.2. The number of aromatic nitrogens is 9. The van der Waals surface area contributed by atoms with Gasteiger partial charge in [0.05, 0.1) is 41.8 Å². The fourth-order valence-electron chi connectivity index (χ4n) is 8.21. The van der Waals surface area contributed by atoms with E-state index in [9.17, 15) is 9.59 Å². The monoisotopic (exact) mass is 754 g/mol. The van der Waals surface area contributed by atoms with Crippen LogP contribution in [0, 0.1) is 5.92 Å². The third-order valence-electron chi connectivity index (χ3n) is 11.2. The molecule has 1 aliphatic carbocycles. The normalized spacial score (nSPS) is 17.4. The average molecular weight is 755 g/mol. The Balaban J connectivity index is 0.732. The Morgan fingerprint density at radius 2 is 1.74 bits per heavy atom. The predicted molar refractivity (Wildman–Crippen MR) is 215 cm³/mol. The molecule has 5 aromatic heterocycles. The first-order valence-corrected chi connectivity index (χ1v) is 19.1. The van der Waals surface area contributed by atoms with Crippen LogP contribution in [0.2, 0.25) is 0 Å². The molecular formula is C43H38N12O2. The minimum Gasteiger partial charge on any atom is -0.356 e. The zero-order valence-corrected chi connectivity index (χ0v) is 30.9. The number of anilines is 2. The third kappa shape index (κ3) is 6.54. The number of amides is 2. The Morgan fingerprint density at radius 1 is 0.895 bits per heavy atom. The van der Waals surface area contributed by atoms with Gasteiger partial charge in [-0.15, -0.1) is 5.10 Å². The van der Waals surface area contributed by atoms with E-state index >= 15 is 0 Å². The lowest BCUT2D eigenvalue weighted by Crippen LogP contribution is -2.49. The molecule has 14 nitrogen and oxygen atoms in total. The van der Waals surface area contributed by atoms with Crippen LogP contribution in [-0.2, 0) is 11.3 Å². The predicted octanol–water partition coefficient (Wildman–Crippen LogP) is 5.95. The van der Waals surface area contributed by atoms with Crippen molar-refractivity contribution in [3.05, 3.63) is 139 Å². The summed E-state index contributed by atoms with van der Waals surface area (Å²) in [7, 11) is 0. The summed E-state index contributed by atoms with van der Waals surface area (Å²) < 4.78 is 3.89. The molecule has 0 spiro atoms. The summed E-state index contributed by atoms with van der Waals surface area (Å²) in [5.41, 5.74) is 8.20. The van der Waals surface area contributed by atoms with Crippen LogP contribution in [0.25, 0.3) is 38.9 Å². The lowest BCUT2D eigenvalue weighted by Gasteiger charge is -2.34. The number of carbonyl (C=O) groups excluding carboxylic acids is 2. The zero-order chi connectivity index (χ0) is 38.3. The van der Waals surface area contributed by atoms with Crippen LogP contribution >= 0.6 is 0 Å². The van der Waals surface area contributed by atoms with Gasteiger partial charge < -0.3 is 20.1 Å². The molecule has 10 rings (SSSR count). The van der Waals surface area contributed by atoms with Crippen LogP contribution in [0.1, 0.15) is 46.8 Å². The van der Waals surface area contributed by atoms with Gasteiger partial charge in [-0.2, -0.15) is 5.10 Å². The Morgan fingerprint density at radius 3 is 2.65 bits per heavy atom. The highest BCUT2D eigenvalue weighted by Gasteiger charge is 2.36. The van der Waals surface area contributed by atoms with Crippen molar-refractivity contribution in [2.24, 2.45) is 5.92 Å². The maximum absolute atomic E-state index is 13.3. The summed E-state index contributed by atoms with van der Waals surface area (Å²) in [6, 6.07) is 30.8. The second-order valence-corrected chi connectivity index (χ2v) is 14.7. The lowest BCUT2D eigenvalue weighted by molar-refractivity contribution is -0.128. The van der Waals surface area contributed by atoms with Crippen molar-refractivity contribution in [1.82, 2.24) is 55.3 Å². The van der Waals surface area contributed by atoms with Crippen molar-refractivity contribution in [3.63, 3.8) is 0 Å². The zero-order valence-electron chi connectivity index (χ0n) is 30.9. The number of hydrogen-bond donors (Lipinski definition) is 3. The van der Waals surface area contributed by atoms with Gasteiger partial charge in [-0.3, -0.25) is 19.7 Å². The van der Waals surface area contributed by atoms with E-state index in [0.29, 0.717) is 42.8 Å². The smallest absolute Gasteiger partial charge is 0.253 e. The van der Waals surface area contributed by atoms with Crippen LogP contribution in [0.15, 0.2) is 122 Å². The molecule has 1 atom stereocenters. The number of rotatable bonds is 11. The van der Waals surface area contributed by atoms with E-state index < -0.39 is 0 Å². The Hall–Kier alpha value is -7.22. The van der Waals surface area contributed by atoms with E-state index in [0.717, 1.165) is 57.7 Å². The van der Waals surface area contributed by atoms with Gasteiger partial charge >= 0.3 is 0 Å². The van der Waals surface area contributed by atoms with Crippen molar-refractivity contribution in [3.8, 4) is 16.9 Å². The molecule has 2 aliphatic rings. The summed E-state index contributed by atoms with van der Waals surface area (Å²) in [5.74, 6) is 0.693. The number of para-hydroxylation sites is 2. The summed E-state index contributed by atoms with van der Waals surface area (Å²) >= 11 is 0. The standard InChI is InChI=1S/C43H38N12O2/c56-42(45-15-14-29-23-54(38-13-7-5-11-35(29)38)41-36-22-48-51-40(36)46-26-47-41)30-16-32(17-30)49-43(57)31-18-34(21-44-20-31)55-25-33(50-52-55)24-53-37-12-6-4-10-28(37)19-39(53)27-8-2-1-3-9-27/h1-13,18-22,25-26,29-30,32H,14-17,23-24H2,(H,45,56)(H,49,57)(H,46,47,48,51). The molecule has 1 fully saturated rings. The van der Waals surface area contributed by atoms with Gasteiger partial charge in [0.2, 0.25) is 5.91 Å². The van der Waals surface area contributed by atoms with E-state index in [-0.39, 0.29) is 29.7 Å². The van der Waals surface area contributed by atoms with Gasteiger partial charge in [0, 0.05) is 59.4 Å². The molecule has 0 saturated heterocycles. The van der Waals surface area contributed by atoms with Gasteiger partial charge in [0.25, 0.3) is 5.91 Å². The largest absolute Gasteiger partial charge is 0.356 e. The number of aromatic amines is 1. The Labute approximate surface area is 327 Å². The topological polar surface area (TPSA) is 164 Å². The van der Waals surface area contributed by atoms with Crippen LogP contribution in [0.4, 0.5) is 11.5 Å². The molecule has 1 saturated carbocycles. The number of nitrogens with zero attached hydrogens (tertiary/aromatic N) is 9. The first-order valence-electron chi connectivity index (χ1n) is 19.1. The molecule has 57 heavy (non-hydrogen) atoms. The van der Waals surface area contributed by atoms with E-state index in [1.807, 2.05) is 42.6 Å². The maximum atomic E-state index is 13.3. The fraction of sp³-hybridized carbons (Fsp3) is 0.209. The average Bonchev–Trinajstić information content (AvgIpc) is 4.05. The number of nitrogens with one attached hydrogen (secondary N) is 3. The molecule has 1 unspecified atom stereocenters. The van der Waals surface area contributed by atoms with Crippen LogP contribution in [-0.4, -0.2) is 75.7 Å². The molecule has 2 amide bonds. The van der Waals surface area contributed by atoms with Crippen molar-refractivity contribution in [2.75, 3.05) is 18.0 Å². The highest BCUT2D eigenvalue weighted by Crippen LogP contribution is 2.43. The SMILES string of the molecule is O=C(NC1CC(C(=O)NCCC2CN(c3ncnc4[nH]ncc34)c3ccccc32)C1)c1cncc(-n2cc(Cn3c(-c4ccccc4)cc4ccccc43)nn2)c1. The minimum atomic E-state index is -0.235. The van der Waals surface area contributed by atoms with Gasteiger partial charge in [0.1, 0.15) is 17.8 Å². The molecule has 282 valence electrons. The molecule has 8 aromatic rings. The molecule has 14 heteroatoms. The number of fused-ring (bicyclic) bond motifs is 3. The molecule has 0 bridgehead atoms. The molecular weight excluding hydrogens is 717 g/mol. The summed E-state index contributed by atoms with van der Waals surface area (Å²) in [4.78, 5) is 41.9. The number of pyridine rings is 1. The van der Waals surface area contributed by atoms with Gasteiger partial charge in [-0.1, -0.05) is 71.9 Å². The first kappa shape index (κ1) is 34.3. The number of hydrogen-bond acceptors (Lipinski definition) is 9. The van der Waals surface area contributed by atoms with E-state index in [2.05, 4.69) is 104 Å². The maximum Gasteiger partial charge on any atom is 0.253 e. The van der Waals surface area contributed by atoms with E-state index in [4.69, 9.17) is 0 Å². The van der Waals surface area contributed by atoms with Gasteiger partial charge in [-0.25, -0.2) is 14.6 Å². The van der Waals surface area contributed by atoms with Crippen LogP contribution in [0.5, 0.6) is 0 Å². The Kier molecular flexibility index (Phi) is 8.69. The summed E-state index contributed by atoms with van der Waals surface area (Å²) in [6.45, 7) is 1.83. The molecule has 0 radical (unpaired) electrons. The molecule has 6 heterocycles. The molecule has 1 aliphatic heterocycles. The van der Waals surface area contributed by atoms with Gasteiger partial charge in [-0.05, 0) is 54.7 Å². The van der Waals surface area contributed by atoms with E-state index in [1.54, 1.807) is 35.7 Å². The molecule has 3 N–H and O–H groups in total. The van der Waals surface area contributed by atoms with Crippen molar-refractivity contribution < 1.29 is 9.59 Å². The highest BCUT2D eigenvalue weighted by molar-refractivity contribution is 5.95.